The van der Waals surface area contributed by atoms with E-state index in [1.165, 1.54) is 4.31 Å². The third-order valence-corrected chi connectivity index (χ3v) is 6.89. The molecule has 2 heterocycles. The van der Waals surface area contributed by atoms with Crippen molar-refractivity contribution >= 4 is 15.9 Å². The van der Waals surface area contributed by atoms with Crippen molar-refractivity contribution in [3.8, 4) is 0 Å². The fourth-order valence-corrected chi connectivity index (χ4v) is 5.13. The van der Waals surface area contributed by atoms with Gasteiger partial charge in [-0.1, -0.05) is 25.5 Å². The van der Waals surface area contributed by atoms with Crippen LogP contribution in [0.4, 0.5) is 0 Å². The van der Waals surface area contributed by atoms with Gasteiger partial charge in [0.2, 0.25) is 10.0 Å². The summed E-state index contributed by atoms with van der Waals surface area (Å²) >= 11 is 0. The second-order valence-corrected chi connectivity index (χ2v) is 8.52. The number of rotatable bonds is 4. The zero-order valence-electron chi connectivity index (χ0n) is 14.7. The molecule has 6 nitrogen and oxygen atoms in total. The molecule has 2 saturated heterocycles. The molecular formula is C18H26N2O4S. The quantitative estimate of drug-likeness (QED) is 0.819. The number of morpholine rings is 1. The van der Waals surface area contributed by atoms with E-state index in [4.69, 9.17) is 4.74 Å². The molecule has 0 N–H and O–H groups in total. The molecule has 2 fully saturated rings. The van der Waals surface area contributed by atoms with Gasteiger partial charge in [-0.05, 0) is 31.4 Å². The van der Waals surface area contributed by atoms with Gasteiger partial charge in [0.1, 0.15) is 0 Å². The predicted octanol–water partition coefficient (Wildman–Crippen LogP) is 2.11. The number of hydrogen-bond donors (Lipinski definition) is 0. The fraction of sp³-hybridized carbons (Fsp3) is 0.611. The molecular weight excluding hydrogens is 340 g/mol. The van der Waals surface area contributed by atoms with Crippen LogP contribution in [0.3, 0.4) is 0 Å². The summed E-state index contributed by atoms with van der Waals surface area (Å²) in [7, 11) is -3.64. The SMILES string of the molecule is CCC1CN(C(=O)c2ccccc2S(=O)(=O)N2CCCCC2)CCO1. The van der Waals surface area contributed by atoms with Crippen LogP contribution in [-0.4, -0.2) is 62.4 Å². The van der Waals surface area contributed by atoms with Crippen LogP contribution in [0.25, 0.3) is 0 Å². The van der Waals surface area contributed by atoms with Crippen molar-refractivity contribution < 1.29 is 17.9 Å². The number of carbonyl (C=O) groups is 1. The predicted molar refractivity (Wildman–Crippen MR) is 95.0 cm³/mol. The average Bonchev–Trinajstić information content (AvgIpc) is 2.68. The van der Waals surface area contributed by atoms with Gasteiger partial charge < -0.3 is 9.64 Å². The Bertz CT molecular complexity index is 714. The first-order valence-electron chi connectivity index (χ1n) is 9.04. The minimum atomic E-state index is -3.64. The maximum Gasteiger partial charge on any atom is 0.255 e. The lowest BCUT2D eigenvalue weighted by Gasteiger charge is -2.33. The van der Waals surface area contributed by atoms with Crippen LogP contribution in [0.5, 0.6) is 0 Å². The van der Waals surface area contributed by atoms with Gasteiger partial charge in [0.15, 0.2) is 0 Å². The maximum absolute atomic E-state index is 13.0. The summed E-state index contributed by atoms with van der Waals surface area (Å²) in [5.41, 5.74) is 0.268. The number of carbonyl (C=O) groups excluding carboxylic acids is 1. The number of nitrogens with zero attached hydrogens (tertiary/aromatic N) is 2. The second kappa shape index (κ2) is 7.85. The first-order chi connectivity index (χ1) is 12.0. The average molecular weight is 366 g/mol. The highest BCUT2D eigenvalue weighted by molar-refractivity contribution is 7.89. The van der Waals surface area contributed by atoms with Gasteiger partial charge >= 0.3 is 0 Å². The van der Waals surface area contributed by atoms with E-state index in [0.717, 1.165) is 25.7 Å². The van der Waals surface area contributed by atoms with Crippen molar-refractivity contribution in [1.29, 1.82) is 0 Å². The standard InChI is InChI=1S/C18H26N2O4S/c1-2-15-14-19(12-13-24-15)18(21)16-8-4-5-9-17(16)25(22,23)20-10-6-3-7-11-20/h4-5,8-9,15H,2-3,6-7,10-14H2,1H3. The molecule has 138 valence electrons. The summed E-state index contributed by atoms with van der Waals surface area (Å²) in [5.74, 6) is -0.224. The van der Waals surface area contributed by atoms with Crippen LogP contribution < -0.4 is 0 Å². The van der Waals surface area contributed by atoms with Crippen LogP contribution in [-0.2, 0) is 14.8 Å². The highest BCUT2D eigenvalue weighted by atomic mass is 32.2. The van der Waals surface area contributed by atoms with Crippen molar-refractivity contribution in [2.24, 2.45) is 0 Å². The lowest BCUT2D eigenvalue weighted by atomic mass is 10.1. The third-order valence-electron chi connectivity index (χ3n) is 4.93. The van der Waals surface area contributed by atoms with E-state index in [-0.39, 0.29) is 22.5 Å². The molecule has 0 spiro atoms. The maximum atomic E-state index is 13.0. The van der Waals surface area contributed by atoms with Crippen molar-refractivity contribution in [3.05, 3.63) is 29.8 Å². The lowest BCUT2D eigenvalue weighted by molar-refractivity contribution is -0.0227. The molecule has 2 aliphatic heterocycles. The molecule has 0 radical (unpaired) electrons. The zero-order valence-corrected chi connectivity index (χ0v) is 15.5. The van der Waals surface area contributed by atoms with E-state index < -0.39 is 10.0 Å². The van der Waals surface area contributed by atoms with Crippen LogP contribution in [0, 0.1) is 0 Å². The summed E-state index contributed by atoms with van der Waals surface area (Å²) in [6.45, 7) is 4.57. The van der Waals surface area contributed by atoms with Gasteiger partial charge in [0.05, 0.1) is 23.2 Å². The fourth-order valence-electron chi connectivity index (χ4n) is 3.43. The Kier molecular flexibility index (Phi) is 5.76. The minimum absolute atomic E-state index is 0.0172. The minimum Gasteiger partial charge on any atom is -0.375 e. The number of hydrogen-bond acceptors (Lipinski definition) is 4. The van der Waals surface area contributed by atoms with Crippen molar-refractivity contribution in [2.45, 2.75) is 43.6 Å². The number of piperidine rings is 1. The van der Waals surface area contributed by atoms with E-state index in [1.54, 1.807) is 29.2 Å². The van der Waals surface area contributed by atoms with E-state index in [1.807, 2.05) is 6.92 Å². The van der Waals surface area contributed by atoms with Crippen molar-refractivity contribution in [1.82, 2.24) is 9.21 Å². The topological polar surface area (TPSA) is 66.9 Å². The summed E-state index contributed by atoms with van der Waals surface area (Å²) in [6.07, 6.45) is 3.65. The van der Waals surface area contributed by atoms with E-state index in [2.05, 4.69) is 0 Å². The molecule has 1 unspecified atom stereocenters. The van der Waals surface area contributed by atoms with Gasteiger partial charge in [0, 0.05) is 26.2 Å². The van der Waals surface area contributed by atoms with Gasteiger partial charge in [-0.15, -0.1) is 0 Å². The first-order valence-corrected chi connectivity index (χ1v) is 10.5. The lowest BCUT2D eigenvalue weighted by Crippen LogP contribution is -2.46. The Morgan fingerprint density at radius 1 is 1.16 bits per heavy atom. The Morgan fingerprint density at radius 3 is 2.60 bits per heavy atom. The van der Waals surface area contributed by atoms with Crippen LogP contribution in [0.1, 0.15) is 43.0 Å². The molecule has 0 aliphatic carbocycles. The normalized spacial score (nSPS) is 22.8. The molecule has 1 aromatic carbocycles. The molecule has 0 saturated carbocycles. The Morgan fingerprint density at radius 2 is 1.88 bits per heavy atom. The van der Waals surface area contributed by atoms with Crippen molar-refractivity contribution in [2.75, 3.05) is 32.8 Å². The zero-order chi connectivity index (χ0) is 17.9. The molecule has 25 heavy (non-hydrogen) atoms. The summed E-state index contributed by atoms with van der Waals surface area (Å²) in [4.78, 5) is 14.8. The smallest absolute Gasteiger partial charge is 0.255 e. The third kappa shape index (κ3) is 3.88. The molecule has 0 aromatic heterocycles. The van der Waals surface area contributed by atoms with E-state index in [0.29, 0.717) is 32.8 Å². The largest absolute Gasteiger partial charge is 0.375 e. The van der Waals surface area contributed by atoms with Crippen LogP contribution >= 0.6 is 0 Å². The molecule has 7 heteroatoms. The van der Waals surface area contributed by atoms with Gasteiger partial charge in [0.25, 0.3) is 5.91 Å². The highest BCUT2D eigenvalue weighted by Crippen LogP contribution is 2.25. The summed E-state index contributed by atoms with van der Waals surface area (Å²) in [5, 5.41) is 0. The number of ether oxygens (including phenoxy) is 1. The number of benzene rings is 1. The number of amides is 1. The van der Waals surface area contributed by atoms with Crippen molar-refractivity contribution in [3.63, 3.8) is 0 Å². The molecule has 2 aliphatic rings. The van der Waals surface area contributed by atoms with E-state index >= 15 is 0 Å². The second-order valence-electron chi connectivity index (χ2n) is 6.61. The van der Waals surface area contributed by atoms with Crippen LogP contribution in [0.15, 0.2) is 29.2 Å². The monoisotopic (exact) mass is 366 g/mol. The number of sulfonamides is 1. The Balaban J connectivity index is 1.89. The molecule has 1 atom stereocenters. The van der Waals surface area contributed by atoms with Gasteiger partial charge in [-0.3, -0.25) is 4.79 Å². The van der Waals surface area contributed by atoms with Crippen LogP contribution in [0.2, 0.25) is 0 Å². The molecule has 1 aromatic rings. The molecule has 3 rings (SSSR count). The molecule has 1 amide bonds. The highest BCUT2D eigenvalue weighted by Gasteiger charge is 2.32. The first kappa shape index (κ1) is 18.4. The Hall–Kier alpha value is -1.44. The summed E-state index contributed by atoms with van der Waals surface area (Å²) < 4.78 is 33.2. The Labute approximate surface area is 149 Å². The van der Waals surface area contributed by atoms with E-state index in [9.17, 15) is 13.2 Å². The van der Waals surface area contributed by atoms with Gasteiger partial charge in [-0.25, -0.2) is 8.42 Å². The molecule has 0 bridgehead atoms. The summed E-state index contributed by atoms with van der Waals surface area (Å²) in [6, 6.07) is 6.58. The van der Waals surface area contributed by atoms with Gasteiger partial charge in [-0.2, -0.15) is 4.31 Å².